The SMILES string of the molecule is CC(Oc1ccccc1C(F)(F)F)C(=O)NC1(C(=O)O)CCSCC1. The van der Waals surface area contributed by atoms with Gasteiger partial charge in [-0.15, -0.1) is 0 Å². The van der Waals surface area contributed by atoms with E-state index in [4.69, 9.17) is 4.74 Å². The van der Waals surface area contributed by atoms with Crippen LogP contribution in [0.15, 0.2) is 24.3 Å². The predicted octanol–water partition coefficient (Wildman–Crippen LogP) is 2.94. The maximum absolute atomic E-state index is 13.0. The number of hydrogen-bond acceptors (Lipinski definition) is 4. The molecule has 1 unspecified atom stereocenters. The van der Waals surface area contributed by atoms with E-state index in [-0.39, 0.29) is 12.8 Å². The number of para-hydroxylation sites is 1. The van der Waals surface area contributed by atoms with Crippen molar-refractivity contribution in [2.75, 3.05) is 11.5 Å². The van der Waals surface area contributed by atoms with Gasteiger partial charge >= 0.3 is 12.1 Å². The maximum atomic E-state index is 13.0. The summed E-state index contributed by atoms with van der Waals surface area (Å²) in [4.78, 5) is 23.9. The van der Waals surface area contributed by atoms with Crippen molar-refractivity contribution in [1.29, 1.82) is 0 Å². The van der Waals surface area contributed by atoms with Gasteiger partial charge in [-0.1, -0.05) is 12.1 Å². The molecule has 0 bridgehead atoms. The second-order valence-corrected chi connectivity index (χ2v) is 6.97. The number of hydrogen-bond donors (Lipinski definition) is 2. The van der Waals surface area contributed by atoms with Crippen LogP contribution in [0.2, 0.25) is 0 Å². The lowest BCUT2D eigenvalue weighted by molar-refractivity contribution is -0.149. The van der Waals surface area contributed by atoms with E-state index < -0.39 is 41.0 Å². The average molecular weight is 377 g/mol. The first-order valence-corrected chi connectivity index (χ1v) is 8.77. The van der Waals surface area contributed by atoms with Gasteiger partial charge in [-0.2, -0.15) is 24.9 Å². The van der Waals surface area contributed by atoms with Crippen molar-refractivity contribution in [3.63, 3.8) is 0 Å². The molecule has 1 atom stereocenters. The molecule has 5 nitrogen and oxygen atoms in total. The minimum atomic E-state index is -4.62. The summed E-state index contributed by atoms with van der Waals surface area (Å²) < 4.78 is 44.1. The van der Waals surface area contributed by atoms with Crippen molar-refractivity contribution >= 4 is 23.6 Å². The van der Waals surface area contributed by atoms with E-state index in [0.717, 1.165) is 12.1 Å². The van der Waals surface area contributed by atoms with E-state index >= 15 is 0 Å². The maximum Gasteiger partial charge on any atom is 0.419 e. The van der Waals surface area contributed by atoms with Gasteiger partial charge in [0.15, 0.2) is 6.10 Å². The number of amides is 1. The Morgan fingerprint density at radius 3 is 2.44 bits per heavy atom. The van der Waals surface area contributed by atoms with E-state index in [9.17, 15) is 27.9 Å². The summed E-state index contributed by atoms with van der Waals surface area (Å²) in [5.41, 5.74) is -2.39. The molecule has 1 fully saturated rings. The van der Waals surface area contributed by atoms with Crippen molar-refractivity contribution in [1.82, 2.24) is 5.32 Å². The van der Waals surface area contributed by atoms with Crippen molar-refractivity contribution in [3.8, 4) is 5.75 Å². The first-order chi connectivity index (χ1) is 11.7. The molecule has 1 aromatic rings. The van der Waals surface area contributed by atoms with Crippen LogP contribution in [0.4, 0.5) is 13.2 Å². The molecule has 2 N–H and O–H groups in total. The van der Waals surface area contributed by atoms with Crippen LogP contribution in [0.25, 0.3) is 0 Å². The van der Waals surface area contributed by atoms with Crippen LogP contribution in [0.5, 0.6) is 5.75 Å². The third kappa shape index (κ3) is 4.59. The van der Waals surface area contributed by atoms with Crippen molar-refractivity contribution < 1.29 is 32.6 Å². The molecular formula is C16H18F3NO4S. The monoisotopic (exact) mass is 377 g/mol. The molecule has 1 aromatic carbocycles. The Morgan fingerprint density at radius 1 is 1.28 bits per heavy atom. The van der Waals surface area contributed by atoms with Crippen LogP contribution in [0.1, 0.15) is 25.3 Å². The predicted molar refractivity (Wildman–Crippen MR) is 86.6 cm³/mol. The standard InChI is InChI=1S/C16H18F3NO4S/c1-10(24-12-5-3-2-4-11(12)16(17,18)19)13(21)20-15(14(22)23)6-8-25-9-7-15/h2-5,10H,6-9H2,1H3,(H,20,21)(H,22,23). The van der Waals surface area contributed by atoms with Gasteiger partial charge in [0.2, 0.25) is 0 Å². The Balaban J connectivity index is 2.12. The zero-order valence-corrected chi connectivity index (χ0v) is 14.2. The molecule has 0 aromatic heterocycles. The minimum Gasteiger partial charge on any atom is -0.480 e. The van der Waals surface area contributed by atoms with Gasteiger partial charge in [0.05, 0.1) is 5.56 Å². The lowest BCUT2D eigenvalue weighted by Crippen LogP contribution is -2.58. The quantitative estimate of drug-likeness (QED) is 0.825. The molecule has 138 valence electrons. The second kappa shape index (κ2) is 7.55. The topological polar surface area (TPSA) is 75.6 Å². The fourth-order valence-corrected chi connectivity index (χ4v) is 3.69. The van der Waals surface area contributed by atoms with Crippen LogP contribution in [0.3, 0.4) is 0 Å². The van der Waals surface area contributed by atoms with E-state index in [1.807, 2.05) is 0 Å². The Morgan fingerprint density at radius 2 is 1.88 bits per heavy atom. The van der Waals surface area contributed by atoms with Crippen LogP contribution in [-0.4, -0.2) is 40.1 Å². The van der Waals surface area contributed by atoms with Crippen LogP contribution < -0.4 is 10.1 Å². The van der Waals surface area contributed by atoms with E-state index in [2.05, 4.69) is 5.32 Å². The van der Waals surface area contributed by atoms with Gasteiger partial charge in [0, 0.05) is 0 Å². The lowest BCUT2D eigenvalue weighted by atomic mass is 9.92. The summed E-state index contributed by atoms with van der Waals surface area (Å²) in [6.45, 7) is 1.29. The van der Waals surface area contributed by atoms with Crippen molar-refractivity contribution in [3.05, 3.63) is 29.8 Å². The van der Waals surface area contributed by atoms with Gasteiger partial charge in [0.1, 0.15) is 11.3 Å². The number of ether oxygens (including phenoxy) is 1. The van der Waals surface area contributed by atoms with Crippen molar-refractivity contribution in [2.24, 2.45) is 0 Å². The number of carbonyl (C=O) groups excluding carboxylic acids is 1. The van der Waals surface area contributed by atoms with Gasteiger partial charge in [0.25, 0.3) is 5.91 Å². The minimum absolute atomic E-state index is 0.255. The summed E-state index contributed by atoms with van der Waals surface area (Å²) >= 11 is 1.59. The largest absolute Gasteiger partial charge is 0.480 e. The molecule has 0 radical (unpaired) electrons. The van der Waals surface area contributed by atoms with E-state index in [1.54, 1.807) is 11.8 Å². The summed E-state index contributed by atoms with van der Waals surface area (Å²) in [7, 11) is 0. The number of aliphatic carboxylic acids is 1. The van der Waals surface area contributed by atoms with Crippen LogP contribution in [-0.2, 0) is 15.8 Å². The Bertz CT molecular complexity index is 645. The normalized spacial score (nSPS) is 18.2. The summed E-state index contributed by atoms with van der Waals surface area (Å²) in [6.07, 6.45) is -5.38. The summed E-state index contributed by atoms with van der Waals surface area (Å²) in [5.74, 6) is -1.21. The Hall–Kier alpha value is -1.90. The highest BCUT2D eigenvalue weighted by Gasteiger charge is 2.42. The molecule has 0 aliphatic carbocycles. The molecule has 0 saturated carbocycles. The first kappa shape index (κ1) is 19.4. The molecular weight excluding hydrogens is 359 g/mol. The van der Waals surface area contributed by atoms with Gasteiger partial charge < -0.3 is 15.2 Å². The number of alkyl halides is 3. The molecule has 1 amide bonds. The second-order valence-electron chi connectivity index (χ2n) is 5.74. The molecule has 1 heterocycles. The van der Waals surface area contributed by atoms with Crippen LogP contribution >= 0.6 is 11.8 Å². The third-order valence-electron chi connectivity index (χ3n) is 3.98. The molecule has 9 heteroatoms. The molecule has 1 saturated heterocycles. The molecule has 1 aliphatic rings. The number of rotatable bonds is 5. The van der Waals surface area contributed by atoms with Crippen LogP contribution in [0, 0.1) is 0 Å². The zero-order valence-electron chi connectivity index (χ0n) is 13.4. The molecule has 0 spiro atoms. The highest BCUT2D eigenvalue weighted by molar-refractivity contribution is 7.99. The Labute approximate surface area is 146 Å². The van der Waals surface area contributed by atoms with Gasteiger partial charge in [-0.05, 0) is 43.4 Å². The Kier molecular flexibility index (Phi) is 5.87. The van der Waals surface area contributed by atoms with Gasteiger partial charge in [-0.25, -0.2) is 4.79 Å². The molecule has 1 aliphatic heterocycles. The number of nitrogens with one attached hydrogen (secondary N) is 1. The summed E-state index contributed by atoms with van der Waals surface area (Å²) in [6, 6.07) is 4.57. The first-order valence-electron chi connectivity index (χ1n) is 7.62. The number of thioether (sulfide) groups is 1. The molecule has 2 rings (SSSR count). The molecule has 25 heavy (non-hydrogen) atoms. The average Bonchev–Trinajstić information content (AvgIpc) is 2.55. The fourth-order valence-electron chi connectivity index (χ4n) is 2.50. The number of carboxylic acids is 1. The number of halogens is 3. The third-order valence-corrected chi connectivity index (χ3v) is 4.97. The summed E-state index contributed by atoms with van der Waals surface area (Å²) in [5, 5.41) is 11.9. The number of benzene rings is 1. The lowest BCUT2D eigenvalue weighted by Gasteiger charge is -2.34. The highest BCUT2D eigenvalue weighted by Crippen LogP contribution is 2.36. The zero-order chi connectivity index (χ0) is 18.7. The highest BCUT2D eigenvalue weighted by atomic mass is 32.2. The number of carboxylic acid groups (broad SMARTS) is 1. The smallest absolute Gasteiger partial charge is 0.419 e. The van der Waals surface area contributed by atoms with E-state index in [1.165, 1.54) is 19.1 Å². The van der Waals surface area contributed by atoms with Gasteiger partial charge in [-0.3, -0.25) is 4.79 Å². The fraction of sp³-hybridized carbons (Fsp3) is 0.500. The van der Waals surface area contributed by atoms with E-state index in [0.29, 0.717) is 11.5 Å². The van der Waals surface area contributed by atoms with Crippen molar-refractivity contribution in [2.45, 2.75) is 37.6 Å². The number of carbonyl (C=O) groups is 2.